The average Bonchev–Trinajstić information content (AvgIpc) is 2.23. The predicted octanol–water partition coefficient (Wildman–Crippen LogP) is 3.15. The van der Waals surface area contributed by atoms with Crippen molar-refractivity contribution in [2.45, 2.75) is 33.2 Å². The van der Waals surface area contributed by atoms with Gasteiger partial charge in [0.1, 0.15) is 0 Å². The minimum Gasteiger partial charge on any atom is -0.348 e. The summed E-state index contributed by atoms with van der Waals surface area (Å²) in [5, 5.41) is 0. The Hall–Kier alpha value is -0.860. The van der Waals surface area contributed by atoms with E-state index in [1.165, 1.54) is 0 Å². The van der Waals surface area contributed by atoms with E-state index >= 15 is 0 Å². The Morgan fingerprint density at radius 2 is 1.87 bits per heavy atom. The van der Waals surface area contributed by atoms with E-state index < -0.39 is 0 Å². The van der Waals surface area contributed by atoms with Crippen molar-refractivity contribution in [1.82, 2.24) is 0 Å². The summed E-state index contributed by atoms with van der Waals surface area (Å²) in [5.74, 6) is 0. The van der Waals surface area contributed by atoms with Crippen LogP contribution in [0.5, 0.6) is 0 Å². The molecular weight excluding hydrogens is 188 g/mol. The van der Waals surface area contributed by atoms with Gasteiger partial charge in [-0.25, -0.2) is 0 Å². The first-order chi connectivity index (χ1) is 7.09. The highest BCUT2D eigenvalue weighted by Crippen LogP contribution is 2.35. The summed E-state index contributed by atoms with van der Waals surface area (Å²) in [6.45, 7) is 7.18. The van der Waals surface area contributed by atoms with Crippen molar-refractivity contribution in [1.29, 1.82) is 0 Å². The molecule has 82 valence electrons. The molecule has 2 atom stereocenters. The Bertz CT molecular complexity index is 319. The van der Waals surface area contributed by atoms with Crippen molar-refractivity contribution in [2.24, 2.45) is 5.41 Å². The molecule has 2 nitrogen and oxygen atoms in total. The van der Waals surface area contributed by atoms with Gasteiger partial charge in [0.15, 0.2) is 6.29 Å². The molecule has 0 amide bonds. The van der Waals surface area contributed by atoms with Crippen molar-refractivity contribution in [3.63, 3.8) is 0 Å². The van der Waals surface area contributed by atoms with Gasteiger partial charge in [-0.3, -0.25) is 0 Å². The molecule has 0 radical (unpaired) electrons. The van der Waals surface area contributed by atoms with Crippen LogP contribution < -0.4 is 0 Å². The van der Waals surface area contributed by atoms with Crippen LogP contribution >= 0.6 is 0 Å². The molecule has 1 aliphatic rings. The lowest BCUT2D eigenvalue weighted by atomic mass is 9.87. The van der Waals surface area contributed by atoms with E-state index in [4.69, 9.17) is 9.47 Å². The second-order valence-corrected chi connectivity index (χ2v) is 4.82. The SMILES string of the molecule is C[C@@H]1O[C@H](c2ccccc2)OCC1(C)C. The fraction of sp³-hybridized carbons (Fsp3) is 0.538. The maximum atomic E-state index is 5.87. The number of benzene rings is 1. The van der Waals surface area contributed by atoms with E-state index in [-0.39, 0.29) is 17.8 Å². The van der Waals surface area contributed by atoms with Crippen LogP contribution in [0.1, 0.15) is 32.6 Å². The third-order valence-electron chi connectivity index (χ3n) is 3.11. The Morgan fingerprint density at radius 3 is 2.47 bits per heavy atom. The van der Waals surface area contributed by atoms with Gasteiger partial charge < -0.3 is 9.47 Å². The van der Waals surface area contributed by atoms with Gasteiger partial charge in [-0.05, 0) is 6.92 Å². The standard InChI is InChI=1S/C13H18O2/c1-10-13(2,3)9-14-12(15-10)11-7-5-4-6-8-11/h4-8,10,12H,9H2,1-3H3/t10-,12+/m0/s1. The Kier molecular flexibility index (Phi) is 2.81. The first-order valence-corrected chi connectivity index (χ1v) is 5.41. The van der Waals surface area contributed by atoms with Gasteiger partial charge in [-0.1, -0.05) is 44.2 Å². The lowest BCUT2D eigenvalue weighted by Gasteiger charge is -2.40. The van der Waals surface area contributed by atoms with E-state index in [9.17, 15) is 0 Å². The molecule has 1 aromatic carbocycles. The van der Waals surface area contributed by atoms with Crippen molar-refractivity contribution in [3.05, 3.63) is 35.9 Å². The Balaban J connectivity index is 2.10. The van der Waals surface area contributed by atoms with E-state index in [0.717, 1.165) is 12.2 Å². The average molecular weight is 206 g/mol. The minimum absolute atomic E-state index is 0.102. The van der Waals surface area contributed by atoms with Gasteiger partial charge in [0.2, 0.25) is 0 Å². The van der Waals surface area contributed by atoms with Gasteiger partial charge in [0.05, 0.1) is 12.7 Å². The molecular formula is C13H18O2. The zero-order valence-electron chi connectivity index (χ0n) is 9.57. The zero-order valence-corrected chi connectivity index (χ0v) is 9.57. The second kappa shape index (κ2) is 3.95. The second-order valence-electron chi connectivity index (χ2n) is 4.82. The molecule has 2 heteroatoms. The van der Waals surface area contributed by atoms with Crippen molar-refractivity contribution in [3.8, 4) is 0 Å². The van der Waals surface area contributed by atoms with Gasteiger partial charge in [-0.15, -0.1) is 0 Å². The van der Waals surface area contributed by atoms with E-state index in [2.05, 4.69) is 20.8 Å². The summed E-state index contributed by atoms with van der Waals surface area (Å²) in [5.41, 5.74) is 1.20. The fourth-order valence-corrected chi connectivity index (χ4v) is 1.60. The van der Waals surface area contributed by atoms with Crippen LogP contribution in [-0.4, -0.2) is 12.7 Å². The van der Waals surface area contributed by atoms with E-state index in [1.807, 2.05) is 30.3 Å². The highest BCUT2D eigenvalue weighted by Gasteiger charge is 2.35. The molecule has 0 bridgehead atoms. The topological polar surface area (TPSA) is 18.5 Å². The van der Waals surface area contributed by atoms with Crippen LogP contribution in [0.15, 0.2) is 30.3 Å². The van der Waals surface area contributed by atoms with Crippen LogP contribution in [0.2, 0.25) is 0 Å². The first-order valence-electron chi connectivity index (χ1n) is 5.41. The summed E-state index contributed by atoms with van der Waals surface area (Å²) >= 11 is 0. The molecule has 1 heterocycles. The maximum absolute atomic E-state index is 5.87. The van der Waals surface area contributed by atoms with Gasteiger partial charge >= 0.3 is 0 Å². The third kappa shape index (κ3) is 2.21. The van der Waals surface area contributed by atoms with Crippen molar-refractivity contribution >= 4 is 0 Å². The lowest BCUT2D eigenvalue weighted by molar-refractivity contribution is -0.259. The van der Waals surface area contributed by atoms with Crippen molar-refractivity contribution in [2.75, 3.05) is 6.61 Å². The Morgan fingerprint density at radius 1 is 1.20 bits per heavy atom. The number of hydrogen-bond acceptors (Lipinski definition) is 2. The zero-order chi connectivity index (χ0) is 10.9. The molecule has 0 aliphatic carbocycles. The molecule has 0 spiro atoms. The number of hydrogen-bond donors (Lipinski definition) is 0. The maximum Gasteiger partial charge on any atom is 0.184 e. The van der Waals surface area contributed by atoms with E-state index in [1.54, 1.807) is 0 Å². The highest BCUT2D eigenvalue weighted by atomic mass is 16.7. The summed E-state index contributed by atoms with van der Waals surface area (Å²) < 4.78 is 11.6. The molecule has 1 saturated heterocycles. The lowest BCUT2D eigenvalue weighted by Crippen LogP contribution is -2.40. The van der Waals surface area contributed by atoms with Gasteiger partial charge in [-0.2, -0.15) is 0 Å². The summed E-state index contributed by atoms with van der Waals surface area (Å²) in [4.78, 5) is 0. The van der Waals surface area contributed by atoms with Crippen LogP contribution in [-0.2, 0) is 9.47 Å². The normalized spacial score (nSPS) is 30.1. The smallest absolute Gasteiger partial charge is 0.184 e. The summed E-state index contributed by atoms with van der Waals surface area (Å²) in [6.07, 6.45) is 0.0191. The predicted molar refractivity (Wildman–Crippen MR) is 59.5 cm³/mol. The summed E-state index contributed by atoms with van der Waals surface area (Å²) in [7, 11) is 0. The molecule has 0 saturated carbocycles. The largest absolute Gasteiger partial charge is 0.348 e. The van der Waals surface area contributed by atoms with Crippen LogP contribution in [0.3, 0.4) is 0 Å². The first kappa shape index (κ1) is 10.7. The van der Waals surface area contributed by atoms with Crippen LogP contribution in [0.4, 0.5) is 0 Å². The molecule has 1 aromatic rings. The molecule has 15 heavy (non-hydrogen) atoms. The number of rotatable bonds is 1. The quantitative estimate of drug-likeness (QED) is 0.702. The van der Waals surface area contributed by atoms with Gasteiger partial charge in [0.25, 0.3) is 0 Å². The third-order valence-corrected chi connectivity index (χ3v) is 3.11. The molecule has 1 fully saturated rings. The molecule has 0 unspecified atom stereocenters. The summed E-state index contributed by atoms with van der Waals surface area (Å²) in [6, 6.07) is 10.1. The molecule has 2 rings (SSSR count). The van der Waals surface area contributed by atoms with Crippen LogP contribution in [0.25, 0.3) is 0 Å². The minimum atomic E-state index is -0.200. The molecule has 1 aliphatic heterocycles. The fourth-order valence-electron chi connectivity index (χ4n) is 1.60. The van der Waals surface area contributed by atoms with Crippen LogP contribution in [0, 0.1) is 5.41 Å². The molecule has 0 N–H and O–H groups in total. The van der Waals surface area contributed by atoms with E-state index in [0.29, 0.717) is 0 Å². The van der Waals surface area contributed by atoms with Crippen molar-refractivity contribution < 1.29 is 9.47 Å². The molecule has 0 aromatic heterocycles. The highest BCUT2D eigenvalue weighted by molar-refractivity contribution is 5.16. The monoisotopic (exact) mass is 206 g/mol. The Labute approximate surface area is 91.2 Å². The number of ether oxygens (including phenoxy) is 2. The van der Waals surface area contributed by atoms with Gasteiger partial charge in [0, 0.05) is 11.0 Å².